The standard InChI is InChI=1S/C26H26N4O2/c1-32-22-13-11-21(12-14-22)28-15-17-29(18-16-28)26-27-23-9-5-6-10-24(23)30(26)19-25(31)20-7-3-2-4-8-20/h2-14H,15-19H2,1H3. The Balaban J connectivity index is 1.38. The van der Waals surface area contributed by atoms with Gasteiger partial charge in [-0.3, -0.25) is 4.79 Å². The Morgan fingerprint density at radius 2 is 1.50 bits per heavy atom. The number of methoxy groups -OCH3 is 1. The van der Waals surface area contributed by atoms with E-state index in [-0.39, 0.29) is 12.3 Å². The van der Waals surface area contributed by atoms with Crippen molar-refractivity contribution in [2.45, 2.75) is 6.54 Å². The number of piperazine rings is 1. The van der Waals surface area contributed by atoms with Crippen molar-refractivity contribution in [1.29, 1.82) is 0 Å². The Labute approximate surface area is 187 Å². The molecular weight excluding hydrogens is 400 g/mol. The second kappa shape index (κ2) is 8.75. The highest BCUT2D eigenvalue weighted by atomic mass is 16.5. The number of rotatable bonds is 6. The van der Waals surface area contributed by atoms with Gasteiger partial charge in [0.1, 0.15) is 5.75 Å². The summed E-state index contributed by atoms with van der Waals surface area (Å²) in [4.78, 5) is 22.6. The normalized spacial score (nSPS) is 14.0. The number of carbonyl (C=O) groups is 1. The molecule has 5 rings (SSSR count). The molecule has 0 unspecified atom stereocenters. The fourth-order valence-corrected chi connectivity index (χ4v) is 4.28. The lowest BCUT2D eigenvalue weighted by Crippen LogP contribution is -2.47. The predicted octanol–water partition coefficient (Wildman–Crippen LogP) is 4.25. The van der Waals surface area contributed by atoms with Gasteiger partial charge < -0.3 is 19.1 Å². The Kier molecular flexibility index (Phi) is 5.50. The lowest BCUT2D eigenvalue weighted by molar-refractivity contribution is 0.0973. The molecule has 2 heterocycles. The molecule has 0 atom stereocenters. The molecule has 1 aliphatic heterocycles. The summed E-state index contributed by atoms with van der Waals surface area (Å²) < 4.78 is 7.33. The first-order valence-corrected chi connectivity index (χ1v) is 10.9. The van der Waals surface area contributed by atoms with E-state index in [4.69, 9.17) is 9.72 Å². The lowest BCUT2D eigenvalue weighted by atomic mass is 10.1. The Morgan fingerprint density at radius 1 is 0.844 bits per heavy atom. The van der Waals surface area contributed by atoms with E-state index in [0.717, 1.165) is 54.5 Å². The molecule has 1 aromatic heterocycles. The highest BCUT2D eigenvalue weighted by molar-refractivity contribution is 5.97. The average Bonchev–Trinajstić information content (AvgIpc) is 3.23. The number of ketones is 1. The summed E-state index contributed by atoms with van der Waals surface area (Å²) in [6, 6.07) is 25.7. The number of aromatic nitrogens is 2. The molecule has 6 nitrogen and oxygen atoms in total. The van der Waals surface area contributed by atoms with Crippen molar-refractivity contribution < 1.29 is 9.53 Å². The van der Waals surface area contributed by atoms with Gasteiger partial charge in [0.2, 0.25) is 5.95 Å². The molecule has 1 saturated heterocycles. The number of anilines is 2. The fraction of sp³-hybridized carbons (Fsp3) is 0.231. The first-order chi connectivity index (χ1) is 15.7. The van der Waals surface area contributed by atoms with Gasteiger partial charge in [-0.1, -0.05) is 42.5 Å². The molecule has 0 amide bonds. The van der Waals surface area contributed by atoms with E-state index in [2.05, 4.69) is 26.5 Å². The van der Waals surface area contributed by atoms with Gasteiger partial charge in [0.05, 0.1) is 24.7 Å². The van der Waals surface area contributed by atoms with Gasteiger partial charge in [-0.2, -0.15) is 0 Å². The molecular formula is C26H26N4O2. The van der Waals surface area contributed by atoms with Crippen molar-refractivity contribution in [2.75, 3.05) is 43.1 Å². The average molecular weight is 427 g/mol. The van der Waals surface area contributed by atoms with Crippen LogP contribution in [0.4, 0.5) is 11.6 Å². The maximum atomic E-state index is 13.0. The molecule has 0 radical (unpaired) electrons. The van der Waals surface area contributed by atoms with E-state index in [9.17, 15) is 4.79 Å². The van der Waals surface area contributed by atoms with Gasteiger partial charge in [0, 0.05) is 37.4 Å². The van der Waals surface area contributed by atoms with Gasteiger partial charge in [0.15, 0.2) is 5.78 Å². The number of carbonyl (C=O) groups excluding carboxylic acids is 1. The summed E-state index contributed by atoms with van der Waals surface area (Å²) in [5.41, 5.74) is 3.82. The van der Waals surface area contributed by atoms with Crippen LogP contribution in [0, 0.1) is 0 Å². The highest BCUT2D eigenvalue weighted by Crippen LogP contribution is 2.26. The maximum absolute atomic E-state index is 13.0. The number of nitrogens with zero attached hydrogens (tertiary/aromatic N) is 4. The van der Waals surface area contributed by atoms with Gasteiger partial charge >= 0.3 is 0 Å². The number of hydrogen-bond acceptors (Lipinski definition) is 5. The highest BCUT2D eigenvalue weighted by Gasteiger charge is 2.23. The lowest BCUT2D eigenvalue weighted by Gasteiger charge is -2.36. The van der Waals surface area contributed by atoms with Gasteiger partial charge in [-0.05, 0) is 36.4 Å². The summed E-state index contributed by atoms with van der Waals surface area (Å²) in [5, 5.41) is 0. The zero-order valence-electron chi connectivity index (χ0n) is 18.1. The van der Waals surface area contributed by atoms with Crippen LogP contribution in [0.5, 0.6) is 5.75 Å². The predicted molar refractivity (Wildman–Crippen MR) is 128 cm³/mol. The zero-order valence-corrected chi connectivity index (χ0v) is 18.1. The minimum atomic E-state index is 0.0897. The molecule has 0 aliphatic carbocycles. The molecule has 0 saturated carbocycles. The van der Waals surface area contributed by atoms with Crippen molar-refractivity contribution in [1.82, 2.24) is 9.55 Å². The number of hydrogen-bond donors (Lipinski definition) is 0. The SMILES string of the molecule is COc1ccc(N2CCN(c3nc4ccccc4n3CC(=O)c3ccccc3)CC2)cc1. The number of fused-ring (bicyclic) bond motifs is 1. The maximum Gasteiger partial charge on any atom is 0.207 e. The van der Waals surface area contributed by atoms with E-state index in [0.29, 0.717) is 0 Å². The van der Waals surface area contributed by atoms with Gasteiger partial charge in [-0.15, -0.1) is 0 Å². The van der Waals surface area contributed by atoms with Crippen LogP contribution in [-0.2, 0) is 6.54 Å². The monoisotopic (exact) mass is 426 g/mol. The van der Waals surface area contributed by atoms with Crippen LogP contribution in [-0.4, -0.2) is 48.6 Å². The third-order valence-corrected chi connectivity index (χ3v) is 6.03. The summed E-state index contributed by atoms with van der Waals surface area (Å²) >= 11 is 0. The Morgan fingerprint density at radius 3 is 2.22 bits per heavy atom. The van der Waals surface area contributed by atoms with Crippen molar-refractivity contribution >= 4 is 28.5 Å². The number of ether oxygens (including phenoxy) is 1. The van der Waals surface area contributed by atoms with E-state index in [1.54, 1.807) is 7.11 Å². The largest absolute Gasteiger partial charge is 0.497 e. The van der Waals surface area contributed by atoms with Crippen LogP contribution in [0.1, 0.15) is 10.4 Å². The Hall–Kier alpha value is -3.80. The van der Waals surface area contributed by atoms with Crippen LogP contribution in [0.2, 0.25) is 0 Å². The summed E-state index contributed by atoms with van der Waals surface area (Å²) in [6.45, 7) is 3.74. The van der Waals surface area contributed by atoms with Crippen molar-refractivity contribution in [2.24, 2.45) is 0 Å². The fourth-order valence-electron chi connectivity index (χ4n) is 4.28. The second-order valence-corrected chi connectivity index (χ2v) is 7.95. The molecule has 6 heteroatoms. The van der Waals surface area contributed by atoms with Crippen LogP contribution in [0.25, 0.3) is 11.0 Å². The first kappa shape index (κ1) is 20.1. The number of Topliss-reactive ketones (excluding diaryl/α,β-unsaturated/α-hetero) is 1. The third-order valence-electron chi connectivity index (χ3n) is 6.03. The Bertz CT molecular complexity index is 1210. The molecule has 0 bridgehead atoms. The number of imidazole rings is 1. The van der Waals surface area contributed by atoms with Gasteiger partial charge in [-0.25, -0.2) is 4.98 Å². The summed E-state index contributed by atoms with van der Waals surface area (Å²) in [5.74, 6) is 1.82. The van der Waals surface area contributed by atoms with Crippen LogP contribution in [0.3, 0.4) is 0 Å². The molecule has 4 aromatic rings. The van der Waals surface area contributed by atoms with Crippen molar-refractivity contribution in [3.05, 3.63) is 84.4 Å². The van der Waals surface area contributed by atoms with E-state index < -0.39 is 0 Å². The van der Waals surface area contributed by atoms with E-state index >= 15 is 0 Å². The second-order valence-electron chi connectivity index (χ2n) is 7.95. The van der Waals surface area contributed by atoms with Crippen molar-refractivity contribution in [3.63, 3.8) is 0 Å². The molecule has 3 aromatic carbocycles. The molecule has 0 spiro atoms. The minimum Gasteiger partial charge on any atom is -0.497 e. The molecule has 32 heavy (non-hydrogen) atoms. The molecule has 1 fully saturated rings. The quantitative estimate of drug-likeness (QED) is 0.432. The topological polar surface area (TPSA) is 50.6 Å². The smallest absolute Gasteiger partial charge is 0.207 e. The van der Waals surface area contributed by atoms with E-state index in [1.165, 1.54) is 5.69 Å². The van der Waals surface area contributed by atoms with E-state index in [1.807, 2.05) is 66.7 Å². The summed E-state index contributed by atoms with van der Waals surface area (Å²) in [6.07, 6.45) is 0. The molecule has 0 N–H and O–H groups in total. The van der Waals surface area contributed by atoms with Crippen molar-refractivity contribution in [3.8, 4) is 5.75 Å². The first-order valence-electron chi connectivity index (χ1n) is 10.9. The summed E-state index contributed by atoms with van der Waals surface area (Å²) in [7, 11) is 1.68. The van der Waals surface area contributed by atoms with Gasteiger partial charge in [0.25, 0.3) is 0 Å². The molecule has 1 aliphatic rings. The van der Waals surface area contributed by atoms with Crippen LogP contribution < -0.4 is 14.5 Å². The van der Waals surface area contributed by atoms with Crippen LogP contribution in [0.15, 0.2) is 78.9 Å². The zero-order chi connectivity index (χ0) is 21.9. The third kappa shape index (κ3) is 3.91. The number of para-hydroxylation sites is 2. The minimum absolute atomic E-state index is 0.0897. The molecule has 162 valence electrons. The van der Waals surface area contributed by atoms with Crippen LogP contribution >= 0.6 is 0 Å². The number of benzene rings is 3.